The molecule has 0 aliphatic rings. The Kier molecular flexibility index (Phi) is 8.30. The van der Waals surface area contributed by atoms with Crippen molar-refractivity contribution in [2.75, 3.05) is 4.90 Å². The highest BCUT2D eigenvalue weighted by Crippen LogP contribution is 2.38. The summed E-state index contributed by atoms with van der Waals surface area (Å²) < 4.78 is 0. The van der Waals surface area contributed by atoms with Gasteiger partial charge in [0.15, 0.2) is 0 Å². The van der Waals surface area contributed by atoms with E-state index in [0.717, 1.165) is 17.1 Å². The van der Waals surface area contributed by atoms with Gasteiger partial charge in [-0.05, 0) is 122 Å². The molecule has 1 heteroatoms. The second-order valence-corrected chi connectivity index (χ2v) is 11.9. The van der Waals surface area contributed by atoms with Gasteiger partial charge in [-0.2, -0.15) is 0 Å². The maximum absolute atomic E-state index is 2.35. The minimum absolute atomic E-state index is 1.13. The summed E-state index contributed by atoms with van der Waals surface area (Å²) in [6.45, 7) is 10.8. The molecule has 0 radical (unpaired) electrons. The van der Waals surface area contributed by atoms with Gasteiger partial charge in [0.2, 0.25) is 0 Å². The third kappa shape index (κ3) is 6.28. The van der Waals surface area contributed by atoms with Crippen LogP contribution in [0.2, 0.25) is 0 Å². The fourth-order valence-electron chi connectivity index (χ4n) is 5.92. The molecule has 44 heavy (non-hydrogen) atoms. The van der Waals surface area contributed by atoms with E-state index in [1.165, 1.54) is 61.2 Å². The highest BCUT2D eigenvalue weighted by molar-refractivity contribution is 5.92. The molecule has 0 spiro atoms. The Hall–Kier alpha value is -5.14. The number of anilines is 3. The molecule has 0 N–H and O–H groups in total. The predicted molar refractivity (Wildman–Crippen MR) is 190 cm³/mol. The molecular formula is C43H39N. The molecule has 6 aromatic carbocycles. The van der Waals surface area contributed by atoms with Gasteiger partial charge < -0.3 is 4.90 Å². The van der Waals surface area contributed by atoms with Crippen molar-refractivity contribution in [3.63, 3.8) is 0 Å². The van der Waals surface area contributed by atoms with E-state index < -0.39 is 0 Å². The van der Waals surface area contributed by atoms with Crippen molar-refractivity contribution >= 4 is 28.7 Å². The molecule has 0 heterocycles. The van der Waals surface area contributed by atoms with Gasteiger partial charge in [-0.15, -0.1) is 0 Å². The van der Waals surface area contributed by atoms with Crippen LogP contribution in [0.15, 0.2) is 140 Å². The molecule has 0 unspecified atom stereocenters. The first-order valence-corrected chi connectivity index (χ1v) is 15.3. The quantitative estimate of drug-likeness (QED) is 0.173. The van der Waals surface area contributed by atoms with Gasteiger partial charge in [0.25, 0.3) is 0 Å². The van der Waals surface area contributed by atoms with E-state index >= 15 is 0 Å². The van der Waals surface area contributed by atoms with E-state index in [9.17, 15) is 0 Å². The Morgan fingerprint density at radius 2 is 0.909 bits per heavy atom. The first-order chi connectivity index (χ1) is 21.4. The van der Waals surface area contributed by atoms with Gasteiger partial charge in [-0.3, -0.25) is 0 Å². The molecule has 1 nitrogen and oxygen atoms in total. The summed E-state index contributed by atoms with van der Waals surface area (Å²) >= 11 is 0. The molecule has 6 aromatic rings. The summed E-state index contributed by atoms with van der Waals surface area (Å²) in [4.78, 5) is 2.35. The number of hydrogen-bond acceptors (Lipinski definition) is 1. The zero-order valence-corrected chi connectivity index (χ0v) is 26.3. The largest absolute Gasteiger partial charge is 0.310 e. The fraction of sp³-hybridized carbons (Fsp3) is 0.116. The fourth-order valence-corrected chi connectivity index (χ4v) is 5.92. The van der Waals surface area contributed by atoms with Crippen molar-refractivity contribution < 1.29 is 0 Å². The van der Waals surface area contributed by atoms with E-state index in [0.29, 0.717) is 0 Å². The van der Waals surface area contributed by atoms with Crippen molar-refractivity contribution in [2.24, 2.45) is 0 Å². The summed E-state index contributed by atoms with van der Waals surface area (Å²) in [6.07, 6.45) is 2.29. The first kappa shape index (κ1) is 29.0. The molecule has 0 aliphatic heterocycles. The van der Waals surface area contributed by atoms with Gasteiger partial charge in [0.1, 0.15) is 0 Å². The average Bonchev–Trinajstić information content (AvgIpc) is 3.03. The molecule has 0 bridgehead atoms. The number of aryl methyl sites for hydroxylation is 5. The first-order valence-electron chi connectivity index (χ1n) is 15.3. The van der Waals surface area contributed by atoms with Crippen molar-refractivity contribution in [3.05, 3.63) is 184 Å². The summed E-state index contributed by atoms with van der Waals surface area (Å²) in [5.74, 6) is 0. The minimum atomic E-state index is 1.13. The molecule has 0 fully saturated rings. The van der Waals surface area contributed by atoms with Crippen LogP contribution in [-0.2, 0) is 0 Å². The smallest absolute Gasteiger partial charge is 0.0464 e. The lowest BCUT2D eigenvalue weighted by atomic mass is 9.94. The number of rotatable bonds is 7. The van der Waals surface area contributed by atoms with Crippen molar-refractivity contribution in [1.82, 2.24) is 0 Å². The molecule has 0 saturated heterocycles. The van der Waals surface area contributed by atoms with E-state index in [4.69, 9.17) is 0 Å². The molecular weight excluding hydrogens is 530 g/mol. The summed E-state index contributed by atoms with van der Waals surface area (Å²) in [6, 6.07) is 50.7. The topological polar surface area (TPSA) is 3.24 Å². The summed E-state index contributed by atoms with van der Waals surface area (Å²) in [7, 11) is 0. The van der Waals surface area contributed by atoms with Crippen molar-refractivity contribution in [1.29, 1.82) is 0 Å². The Morgan fingerprint density at radius 3 is 1.50 bits per heavy atom. The Balaban J connectivity index is 1.40. The minimum Gasteiger partial charge on any atom is -0.310 e. The second-order valence-electron chi connectivity index (χ2n) is 11.9. The maximum Gasteiger partial charge on any atom is 0.0464 e. The monoisotopic (exact) mass is 569 g/mol. The normalized spacial score (nSPS) is 11.4. The highest BCUT2D eigenvalue weighted by Gasteiger charge is 2.15. The Labute approximate surface area is 262 Å². The van der Waals surface area contributed by atoms with Crippen LogP contribution < -0.4 is 4.90 Å². The Bertz CT molecular complexity index is 1910. The van der Waals surface area contributed by atoms with Crippen LogP contribution in [0.4, 0.5) is 17.1 Å². The van der Waals surface area contributed by atoms with Gasteiger partial charge in [-0.1, -0.05) is 120 Å². The Morgan fingerprint density at radius 1 is 0.432 bits per heavy atom. The third-order valence-electron chi connectivity index (χ3n) is 8.34. The van der Waals surface area contributed by atoms with Crippen molar-refractivity contribution in [2.45, 2.75) is 34.6 Å². The van der Waals surface area contributed by atoms with Crippen LogP contribution in [0.25, 0.3) is 22.8 Å². The molecule has 0 saturated carbocycles. The number of benzene rings is 6. The predicted octanol–water partition coefficient (Wildman–Crippen LogP) is 12.0. The van der Waals surface area contributed by atoms with Gasteiger partial charge in [0, 0.05) is 17.1 Å². The SMILES string of the molecule is Cc1ccc(/C(=C/c2ccc(N(c3ccc(C)cc3)c3ccc(-c4ccc(C)cc4C)c(C)c3)cc2)c2ccccc2)cc1. The zero-order valence-electron chi connectivity index (χ0n) is 26.3. The maximum atomic E-state index is 2.35. The summed E-state index contributed by atoms with van der Waals surface area (Å²) in [5, 5.41) is 0. The van der Waals surface area contributed by atoms with E-state index in [1.54, 1.807) is 0 Å². The molecule has 0 aliphatic carbocycles. The van der Waals surface area contributed by atoms with Gasteiger partial charge >= 0.3 is 0 Å². The molecule has 6 rings (SSSR count). The molecule has 0 atom stereocenters. The average molecular weight is 570 g/mol. The lowest BCUT2D eigenvalue weighted by Crippen LogP contribution is -2.10. The third-order valence-corrected chi connectivity index (χ3v) is 8.34. The van der Waals surface area contributed by atoms with E-state index in [-0.39, 0.29) is 0 Å². The van der Waals surface area contributed by atoms with Crippen LogP contribution in [0.5, 0.6) is 0 Å². The zero-order chi connectivity index (χ0) is 30.6. The van der Waals surface area contributed by atoms with E-state index in [1.807, 2.05) is 0 Å². The summed E-state index contributed by atoms with van der Waals surface area (Å²) in [5.41, 5.74) is 17.2. The van der Waals surface area contributed by atoms with Crippen LogP contribution in [0.3, 0.4) is 0 Å². The van der Waals surface area contributed by atoms with Crippen molar-refractivity contribution in [3.8, 4) is 11.1 Å². The van der Waals surface area contributed by atoms with Crippen LogP contribution in [0, 0.1) is 34.6 Å². The van der Waals surface area contributed by atoms with Crippen LogP contribution >= 0.6 is 0 Å². The lowest BCUT2D eigenvalue weighted by molar-refractivity contribution is 1.26. The molecule has 0 amide bonds. The van der Waals surface area contributed by atoms with Crippen LogP contribution in [-0.4, -0.2) is 0 Å². The molecule has 0 aromatic heterocycles. The van der Waals surface area contributed by atoms with Crippen LogP contribution in [0.1, 0.15) is 44.5 Å². The standard InChI is InChI=1S/C43H39N/c1-30-11-18-37(19-12-30)43(36-9-7-6-8-10-36)29-35-16-22-39(23-17-35)44(38-20-13-31(2)14-21-38)40-24-26-42(34(5)28-40)41-25-15-32(3)27-33(41)4/h6-29H,1-5H3/b43-29+. The number of hydrogen-bond donors (Lipinski definition) is 0. The lowest BCUT2D eigenvalue weighted by Gasteiger charge is -2.27. The highest BCUT2D eigenvalue weighted by atomic mass is 15.1. The second kappa shape index (κ2) is 12.6. The molecule has 216 valence electrons. The van der Waals surface area contributed by atoms with Gasteiger partial charge in [-0.25, -0.2) is 0 Å². The number of nitrogens with zero attached hydrogens (tertiary/aromatic N) is 1. The van der Waals surface area contributed by atoms with E-state index in [2.05, 4.69) is 185 Å². The van der Waals surface area contributed by atoms with Gasteiger partial charge in [0.05, 0.1) is 0 Å².